The zero-order valence-corrected chi connectivity index (χ0v) is 10.2. The van der Waals surface area contributed by atoms with Gasteiger partial charge in [-0.05, 0) is 49.4 Å². The lowest BCUT2D eigenvalue weighted by molar-refractivity contribution is 0.288. The maximum absolute atomic E-state index is 8.82. The van der Waals surface area contributed by atoms with Crippen molar-refractivity contribution in [1.82, 2.24) is 0 Å². The van der Waals surface area contributed by atoms with Gasteiger partial charge in [0.2, 0.25) is 0 Å². The Morgan fingerprint density at radius 2 is 1.87 bits per heavy atom. The van der Waals surface area contributed by atoms with Crippen LogP contribution in [-0.2, 0) is 6.42 Å². The van der Waals surface area contributed by atoms with Gasteiger partial charge in [-0.25, -0.2) is 0 Å². The van der Waals surface area contributed by atoms with Crippen molar-refractivity contribution >= 4 is 5.69 Å². The maximum Gasteiger partial charge on any atom is 0.0434 e. The first-order valence-electron chi connectivity index (χ1n) is 5.44. The topological polar surface area (TPSA) is 23.5 Å². The number of hydrogen-bond donors (Lipinski definition) is 1. The summed E-state index contributed by atoms with van der Waals surface area (Å²) >= 11 is 0. The lowest BCUT2D eigenvalue weighted by Crippen LogP contribution is -2.11. The van der Waals surface area contributed by atoms with Crippen LogP contribution < -0.4 is 4.90 Å². The molecule has 0 aromatic heterocycles. The second-order valence-corrected chi connectivity index (χ2v) is 4.28. The molecule has 2 heteroatoms. The van der Waals surface area contributed by atoms with E-state index < -0.39 is 0 Å². The van der Waals surface area contributed by atoms with E-state index in [1.807, 2.05) is 0 Å². The van der Waals surface area contributed by atoms with Gasteiger partial charge in [0.15, 0.2) is 0 Å². The fourth-order valence-electron chi connectivity index (χ4n) is 1.81. The molecule has 0 aliphatic rings. The predicted octanol–water partition coefficient (Wildman–Crippen LogP) is 2.29. The number of hydrogen-bond acceptors (Lipinski definition) is 2. The molecule has 1 rings (SSSR count). The van der Waals surface area contributed by atoms with Crippen LogP contribution in [-0.4, -0.2) is 25.8 Å². The standard InChI is InChI=1S/C13H21NO/c1-10-8-12(6-5-7-15)9-13(11(10)2)14(3)4/h8-9,15H,5-7H2,1-4H3. The van der Waals surface area contributed by atoms with Crippen molar-refractivity contribution in [1.29, 1.82) is 0 Å². The summed E-state index contributed by atoms with van der Waals surface area (Å²) in [5.74, 6) is 0. The van der Waals surface area contributed by atoms with Crippen molar-refractivity contribution in [2.24, 2.45) is 0 Å². The molecule has 0 spiro atoms. The molecule has 15 heavy (non-hydrogen) atoms. The molecule has 84 valence electrons. The molecule has 0 unspecified atom stereocenters. The van der Waals surface area contributed by atoms with Gasteiger partial charge in [-0.3, -0.25) is 0 Å². The van der Waals surface area contributed by atoms with Crippen LogP contribution in [0.2, 0.25) is 0 Å². The molecule has 1 aromatic rings. The van der Waals surface area contributed by atoms with Crippen LogP contribution in [0.25, 0.3) is 0 Å². The summed E-state index contributed by atoms with van der Waals surface area (Å²) in [6.07, 6.45) is 1.80. The van der Waals surface area contributed by atoms with Gasteiger partial charge < -0.3 is 10.0 Å². The number of aliphatic hydroxyl groups is 1. The van der Waals surface area contributed by atoms with Crippen LogP contribution in [0.1, 0.15) is 23.1 Å². The predicted molar refractivity (Wildman–Crippen MR) is 65.6 cm³/mol. The number of nitrogens with zero attached hydrogens (tertiary/aromatic N) is 1. The van der Waals surface area contributed by atoms with E-state index >= 15 is 0 Å². The van der Waals surface area contributed by atoms with Crippen LogP contribution in [0.15, 0.2) is 12.1 Å². The summed E-state index contributed by atoms with van der Waals surface area (Å²) in [5, 5.41) is 8.82. The molecule has 0 atom stereocenters. The molecule has 0 aliphatic carbocycles. The monoisotopic (exact) mass is 207 g/mol. The fourth-order valence-corrected chi connectivity index (χ4v) is 1.81. The zero-order valence-electron chi connectivity index (χ0n) is 10.2. The Kier molecular flexibility index (Phi) is 4.15. The molecule has 0 aliphatic heterocycles. The van der Waals surface area contributed by atoms with Crippen molar-refractivity contribution in [2.75, 3.05) is 25.6 Å². The van der Waals surface area contributed by atoms with E-state index in [1.54, 1.807) is 0 Å². The van der Waals surface area contributed by atoms with E-state index in [2.05, 4.69) is 45.0 Å². The van der Waals surface area contributed by atoms with Gasteiger partial charge >= 0.3 is 0 Å². The van der Waals surface area contributed by atoms with Crippen molar-refractivity contribution in [3.05, 3.63) is 28.8 Å². The molecule has 0 bridgehead atoms. The molecule has 0 heterocycles. The van der Waals surface area contributed by atoms with Gasteiger partial charge in [-0.15, -0.1) is 0 Å². The first kappa shape index (κ1) is 12.1. The molecule has 2 nitrogen and oxygen atoms in total. The normalized spacial score (nSPS) is 10.5. The molecule has 0 amide bonds. The Morgan fingerprint density at radius 1 is 1.20 bits per heavy atom. The van der Waals surface area contributed by atoms with Crippen molar-refractivity contribution in [3.63, 3.8) is 0 Å². The molecule has 0 saturated carbocycles. The smallest absolute Gasteiger partial charge is 0.0434 e. The summed E-state index contributed by atoms with van der Waals surface area (Å²) in [5.41, 5.74) is 5.26. The van der Waals surface area contributed by atoms with Crippen molar-refractivity contribution in [3.8, 4) is 0 Å². The van der Waals surface area contributed by atoms with Crippen LogP contribution in [0.4, 0.5) is 5.69 Å². The first-order valence-corrected chi connectivity index (χ1v) is 5.44. The lowest BCUT2D eigenvalue weighted by Gasteiger charge is -2.19. The van der Waals surface area contributed by atoms with Gasteiger partial charge in [0.25, 0.3) is 0 Å². The Bertz CT molecular complexity index is 332. The van der Waals surface area contributed by atoms with Crippen LogP contribution in [0, 0.1) is 13.8 Å². The first-order chi connectivity index (χ1) is 7.06. The van der Waals surface area contributed by atoms with E-state index in [9.17, 15) is 0 Å². The number of aryl methyl sites for hydroxylation is 2. The highest BCUT2D eigenvalue weighted by molar-refractivity contribution is 5.57. The molecular formula is C13H21NO. The number of anilines is 1. The van der Waals surface area contributed by atoms with E-state index in [-0.39, 0.29) is 6.61 Å². The van der Waals surface area contributed by atoms with E-state index in [0.717, 1.165) is 12.8 Å². The molecule has 1 N–H and O–H groups in total. The Hall–Kier alpha value is -1.02. The minimum atomic E-state index is 0.268. The van der Waals surface area contributed by atoms with E-state index in [4.69, 9.17) is 5.11 Å². The third-order valence-electron chi connectivity index (χ3n) is 2.81. The van der Waals surface area contributed by atoms with E-state index in [0.29, 0.717) is 0 Å². The van der Waals surface area contributed by atoms with E-state index in [1.165, 1.54) is 22.4 Å². The molecule has 1 aromatic carbocycles. The minimum Gasteiger partial charge on any atom is -0.396 e. The van der Waals surface area contributed by atoms with Crippen molar-refractivity contribution < 1.29 is 5.11 Å². The fraction of sp³-hybridized carbons (Fsp3) is 0.538. The second-order valence-electron chi connectivity index (χ2n) is 4.28. The average molecular weight is 207 g/mol. The third kappa shape index (κ3) is 2.96. The zero-order chi connectivity index (χ0) is 11.4. The van der Waals surface area contributed by atoms with Crippen LogP contribution >= 0.6 is 0 Å². The Labute approximate surface area is 92.5 Å². The number of aliphatic hydroxyl groups excluding tert-OH is 1. The van der Waals surface area contributed by atoms with Gasteiger partial charge in [0, 0.05) is 26.4 Å². The molecule has 0 radical (unpaired) electrons. The molecular weight excluding hydrogens is 186 g/mol. The summed E-state index contributed by atoms with van der Waals surface area (Å²) in [6, 6.07) is 4.44. The van der Waals surface area contributed by atoms with Gasteiger partial charge in [-0.2, -0.15) is 0 Å². The Balaban J connectivity index is 3.00. The summed E-state index contributed by atoms with van der Waals surface area (Å²) in [6.45, 7) is 4.56. The van der Waals surface area contributed by atoms with Crippen LogP contribution in [0.3, 0.4) is 0 Å². The Morgan fingerprint density at radius 3 is 2.40 bits per heavy atom. The number of rotatable bonds is 4. The SMILES string of the molecule is Cc1cc(CCCO)cc(N(C)C)c1C. The van der Waals surface area contributed by atoms with Gasteiger partial charge in [0.1, 0.15) is 0 Å². The largest absolute Gasteiger partial charge is 0.396 e. The number of benzene rings is 1. The second kappa shape index (κ2) is 5.17. The van der Waals surface area contributed by atoms with Gasteiger partial charge in [-0.1, -0.05) is 6.07 Å². The van der Waals surface area contributed by atoms with Crippen molar-refractivity contribution in [2.45, 2.75) is 26.7 Å². The highest BCUT2D eigenvalue weighted by atomic mass is 16.2. The average Bonchev–Trinajstić information content (AvgIpc) is 2.19. The highest BCUT2D eigenvalue weighted by Gasteiger charge is 2.05. The minimum absolute atomic E-state index is 0.268. The summed E-state index contributed by atoms with van der Waals surface area (Å²) < 4.78 is 0. The quantitative estimate of drug-likeness (QED) is 0.819. The summed E-state index contributed by atoms with van der Waals surface area (Å²) in [4.78, 5) is 2.14. The molecule has 0 fully saturated rings. The highest BCUT2D eigenvalue weighted by Crippen LogP contribution is 2.24. The van der Waals surface area contributed by atoms with Gasteiger partial charge in [0.05, 0.1) is 0 Å². The molecule has 0 saturated heterocycles. The lowest BCUT2D eigenvalue weighted by atomic mass is 10.0. The van der Waals surface area contributed by atoms with Crippen LogP contribution in [0.5, 0.6) is 0 Å². The third-order valence-corrected chi connectivity index (χ3v) is 2.81. The maximum atomic E-state index is 8.82. The summed E-state index contributed by atoms with van der Waals surface area (Å²) in [7, 11) is 4.13.